The molecule has 0 bridgehead atoms. The van der Waals surface area contributed by atoms with Gasteiger partial charge in [0.25, 0.3) is 0 Å². The van der Waals surface area contributed by atoms with Crippen molar-refractivity contribution in [2.75, 3.05) is 45.2 Å². The summed E-state index contributed by atoms with van der Waals surface area (Å²) in [5, 5.41) is 6.92. The molecule has 1 unspecified atom stereocenters. The summed E-state index contributed by atoms with van der Waals surface area (Å²) in [6.07, 6.45) is 1.94. The summed E-state index contributed by atoms with van der Waals surface area (Å²) in [6, 6.07) is 21.1. The number of halogens is 1. The normalized spacial score (nSPS) is 16.0. The maximum absolute atomic E-state index is 12.0. The molecule has 30 heavy (non-hydrogen) atoms. The van der Waals surface area contributed by atoms with Gasteiger partial charge in [0.15, 0.2) is 5.96 Å². The van der Waals surface area contributed by atoms with Gasteiger partial charge in [-0.2, -0.15) is 0 Å². The molecule has 2 N–H and O–H groups in total. The van der Waals surface area contributed by atoms with Crippen molar-refractivity contribution in [1.29, 1.82) is 0 Å². The summed E-state index contributed by atoms with van der Waals surface area (Å²) in [5.41, 5.74) is 2.52. The Balaban J connectivity index is 0.00000320. The second-order valence-electron chi connectivity index (χ2n) is 7.53. The van der Waals surface area contributed by atoms with Crippen molar-refractivity contribution < 1.29 is 4.79 Å². The Morgan fingerprint density at radius 3 is 2.43 bits per heavy atom. The molecular weight excluding hydrogens is 489 g/mol. The van der Waals surface area contributed by atoms with E-state index >= 15 is 0 Å². The van der Waals surface area contributed by atoms with Crippen LogP contribution in [0.2, 0.25) is 0 Å². The van der Waals surface area contributed by atoms with Crippen LogP contribution in [0.3, 0.4) is 0 Å². The number of guanidine groups is 1. The van der Waals surface area contributed by atoms with Crippen LogP contribution in [0.4, 0.5) is 5.69 Å². The number of benzene rings is 2. The quantitative estimate of drug-likeness (QED) is 0.335. The van der Waals surface area contributed by atoms with Gasteiger partial charge < -0.3 is 20.4 Å². The molecule has 3 rings (SSSR count). The summed E-state index contributed by atoms with van der Waals surface area (Å²) in [4.78, 5) is 20.4. The van der Waals surface area contributed by atoms with Crippen LogP contribution in [0.1, 0.15) is 12.0 Å². The Hall–Kier alpha value is -2.29. The first kappa shape index (κ1) is 24.0. The summed E-state index contributed by atoms with van der Waals surface area (Å²) in [6.45, 7) is 2.84. The van der Waals surface area contributed by atoms with Gasteiger partial charge in [0, 0.05) is 45.5 Å². The molecule has 6 nitrogen and oxygen atoms in total. The van der Waals surface area contributed by atoms with Crippen molar-refractivity contribution in [1.82, 2.24) is 15.5 Å². The third-order valence-corrected chi connectivity index (χ3v) is 5.07. The van der Waals surface area contributed by atoms with E-state index in [2.05, 4.69) is 69.1 Å². The van der Waals surface area contributed by atoms with Crippen LogP contribution >= 0.6 is 24.0 Å². The molecule has 2 aromatic rings. The van der Waals surface area contributed by atoms with Gasteiger partial charge in [-0.05, 0) is 30.5 Å². The second-order valence-corrected chi connectivity index (χ2v) is 7.53. The average Bonchev–Trinajstić information content (AvgIpc) is 3.21. The Bertz CT molecular complexity index is 798. The van der Waals surface area contributed by atoms with E-state index in [9.17, 15) is 4.79 Å². The molecule has 2 aromatic carbocycles. The lowest BCUT2D eigenvalue weighted by molar-refractivity contribution is -0.127. The molecule has 0 spiro atoms. The first-order chi connectivity index (χ1) is 14.1. The predicted molar refractivity (Wildman–Crippen MR) is 135 cm³/mol. The number of carbonyl (C=O) groups excluding carboxylic acids is 1. The van der Waals surface area contributed by atoms with E-state index in [1.807, 2.05) is 12.1 Å². The van der Waals surface area contributed by atoms with Crippen molar-refractivity contribution in [2.45, 2.75) is 18.9 Å². The zero-order valence-electron chi connectivity index (χ0n) is 17.8. The van der Waals surface area contributed by atoms with Gasteiger partial charge in [0.05, 0.1) is 0 Å². The Kier molecular flexibility index (Phi) is 9.93. The van der Waals surface area contributed by atoms with E-state index in [0.717, 1.165) is 32.5 Å². The third-order valence-electron chi connectivity index (χ3n) is 5.07. The van der Waals surface area contributed by atoms with Gasteiger partial charge in [-0.15, -0.1) is 24.0 Å². The minimum Gasteiger partial charge on any atom is -0.369 e. The summed E-state index contributed by atoms with van der Waals surface area (Å²) in [5.74, 6) is 0.697. The molecule has 1 atom stereocenters. The first-order valence-corrected chi connectivity index (χ1v) is 10.2. The number of carbonyl (C=O) groups is 1. The zero-order chi connectivity index (χ0) is 20.5. The second kappa shape index (κ2) is 12.4. The van der Waals surface area contributed by atoms with Crippen molar-refractivity contribution in [3.05, 3.63) is 66.2 Å². The van der Waals surface area contributed by atoms with E-state index in [0.29, 0.717) is 12.0 Å². The van der Waals surface area contributed by atoms with E-state index in [4.69, 9.17) is 0 Å². The van der Waals surface area contributed by atoms with Crippen molar-refractivity contribution in [3.8, 4) is 0 Å². The number of amides is 1. The molecule has 1 aliphatic rings. The monoisotopic (exact) mass is 521 g/mol. The smallest absolute Gasteiger partial charge is 0.243 e. The van der Waals surface area contributed by atoms with E-state index in [1.54, 1.807) is 19.0 Å². The highest BCUT2D eigenvalue weighted by molar-refractivity contribution is 14.0. The molecule has 0 aliphatic carbocycles. The van der Waals surface area contributed by atoms with Crippen LogP contribution in [0.5, 0.6) is 0 Å². The molecule has 1 amide bonds. The number of anilines is 1. The highest BCUT2D eigenvalue weighted by Crippen LogP contribution is 2.19. The Morgan fingerprint density at radius 1 is 1.10 bits per heavy atom. The van der Waals surface area contributed by atoms with Gasteiger partial charge in [-0.25, -0.2) is 4.99 Å². The molecule has 162 valence electrons. The maximum Gasteiger partial charge on any atom is 0.243 e. The standard InChI is InChI=1S/C23H31N5O.HI/c1-27(2)22(29)17-25-23(24-15-13-19-9-5-3-6-10-19)26-20-14-16-28(18-20)21-11-7-4-8-12-21;/h3-12,20H,13-18H2,1-2H3,(H2,24,25,26);1H. The van der Waals surface area contributed by atoms with E-state index < -0.39 is 0 Å². The highest BCUT2D eigenvalue weighted by Gasteiger charge is 2.23. The number of rotatable bonds is 7. The molecular formula is C23H32IN5O. The van der Waals surface area contributed by atoms with Crippen LogP contribution in [0.15, 0.2) is 65.7 Å². The van der Waals surface area contributed by atoms with Crippen LogP contribution < -0.4 is 15.5 Å². The minimum absolute atomic E-state index is 0. The lowest BCUT2D eigenvalue weighted by atomic mass is 10.1. The molecule has 1 heterocycles. The SMILES string of the molecule is CN(C)C(=O)CN=C(NCCc1ccccc1)NC1CCN(c2ccccc2)C1.I. The fourth-order valence-corrected chi connectivity index (χ4v) is 3.36. The van der Waals surface area contributed by atoms with Crippen LogP contribution in [-0.2, 0) is 11.2 Å². The van der Waals surface area contributed by atoms with Gasteiger partial charge in [0.2, 0.25) is 5.91 Å². The van der Waals surface area contributed by atoms with Gasteiger partial charge >= 0.3 is 0 Å². The molecule has 1 aliphatic heterocycles. The van der Waals surface area contributed by atoms with Crippen molar-refractivity contribution in [3.63, 3.8) is 0 Å². The average molecular weight is 521 g/mol. The van der Waals surface area contributed by atoms with Crippen LogP contribution in [0, 0.1) is 0 Å². The number of nitrogens with one attached hydrogen (secondary N) is 2. The van der Waals surface area contributed by atoms with Gasteiger partial charge in [-0.3, -0.25) is 4.79 Å². The van der Waals surface area contributed by atoms with Gasteiger partial charge in [0.1, 0.15) is 6.54 Å². The van der Waals surface area contributed by atoms with Crippen LogP contribution in [0.25, 0.3) is 0 Å². The third kappa shape index (κ3) is 7.51. The molecule has 0 aromatic heterocycles. The number of hydrogen-bond acceptors (Lipinski definition) is 3. The number of nitrogens with zero attached hydrogens (tertiary/aromatic N) is 3. The zero-order valence-corrected chi connectivity index (χ0v) is 20.1. The van der Waals surface area contributed by atoms with E-state index in [-0.39, 0.29) is 36.4 Å². The number of likely N-dealkylation sites (N-methyl/N-ethyl adjacent to an activating group) is 1. The Morgan fingerprint density at radius 2 is 1.77 bits per heavy atom. The Labute approximate surface area is 196 Å². The summed E-state index contributed by atoms with van der Waals surface area (Å²) >= 11 is 0. The highest BCUT2D eigenvalue weighted by atomic mass is 127. The lowest BCUT2D eigenvalue weighted by Crippen LogP contribution is -2.45. The fourth-order valence-electron chi connectivity index (χ4n) is 3.36. The van der Waals surface area contributed by atoms with E-state index in [1.165, 1.54) is 11.3 Å². The topological polar surface area (TPSA) is 60.0 Å². The van der Waals surface area contributed by atoms with Gasteiger partial charge in [-0.1, -0.05) is 48.5 Å². The largest absolute Gasteiger partial charge is 0.369 e. The van der Waals surface area contributed by atoms with Crippen molar-refractivity contribution in [2.24, 2.45) is 4.99 Å². The molecule has 7 heteroatoms. The molecule has 0 radical (unpaired) electrons. The van der Waals surface area contributed by atoms with Crippen LogP contribution in [-0.4, -0.2) is 63.1 Å². The lowest BCUT2D eigenvalue weighted by Gasteiger charge is -2.21. The number of hydrogen-bond donors (Lipinski definition) is 2. The predicted octanol–water partition coefficient (Wildman–Crippen LogP) is 2.75. The summed E-state index contributed by atoms with van der Waals surface area (Å²) in [7, 11) is 3.50. The van der Waals surface area contributed by atoms with Crippen molar-refractivity contribution >= 4 is 41.5 Å². The molecule has 1 fully saturated rings. The fraction of sp³-hybridized carbons (Fsp3) is 0.391. The number of para-hydroxylation sites is 1. The first-order valence-electron chi connectivity index (χ1n) is 10.2. The number of aliphatic imine (C=N–C) groups is 1. The molecule has 1 saturated heterocycles. The minimum atomic E-state index is -0.00788. The maximum atomic E-state index is 12.0. The summed E-state index contributed by atoms with van der Waals surface area (Å²) < 4.78 is 0. The molecule has 0 saturated carbocycles.